The van der Waals surface area contributed by atoms with Gasteiger partial charge in [0.25, 0.3) is 0 Å². The Labute approximate surface area is 104 Å². The Hall–Kier alpha value is -0.870. The van der Waals surface area contributed by atoms with Gasteiger partial charge in [-0.3, -0.25) is 9.58 Å². The first-order valence-electron chi connectivity index (χ1n) is 6.68. The van der Waals surface area contributed by atoms with Gasteiger partial charge < -0.3 is 5.73 Å². The molecule has 1 aliphatic heterocycles. The normalized spacial score (nSPS) is 26.3. The van der Waals surface area contributed by atoms with E-state index in [4.69, 9.17) is 5.73 Å². The summed E-state index contributed by atoms with van der Waals surface area (Å²) in [7, 11) is 0. The van der Waals surface area contributed by atoms with E-state index in [1.165, 1.54) is 24.9 Å². The summed E-state index contributed by atoms with van der Waals surface area (Å²) in [6.07, 6.45) is 6.65. The van der Waals surface area contributed by atoms with Gasteiger partial charge in [0, 0.05) is 37.4 Å². The lowest BCUT2D eigenvalue weighted by Gasteiger charge is -2.37. The van der Waals surface area contributed by atoms with Gasteiger partial charge in [-0.2, -0.15) is 5.10 Å². The molecule has 0 amide bonds. The Kier molecular flexibility index (Phi) is 4.18. The predicted molar refractivity (Wildman–Crippen MR) is 69.6 cm³/mol. The van der Waals surface area contributed by atoms with Crippen molar-refractivity contribution in [3.05, 3.63) is 18.0 Å². The van der Waals surface area contributed by atoms with Crippen molar-refractivity contribution in [2.45, 2.75) is 45.8 Å². The van der Waals surface area contributed by atoms with Gasteiger partial charge in [-0.15, -0.1) is 0 Å². The van der Waals surface area contributed by atoms with Gasteiger partial charge in [-0.05, 0) is 32.2 Å². The number of aryl methyl sites for hydroxylation is 1. The standard InChI is InChI=1S/C13H24N4/c1-3-17-10-12(8-15-17)9-16-5-4-11(2)6-13(16)7-14/h8,10-11,13H,3-7,9,14H2,1-2H3. The van der Waals surface area contributed by atoms with Crippen LogP contribution in [-0.4, -0.2) is 33.8 Å². The van der Waals surface area contributed by atoms with Crippen LogP contribution in [0.4, 0.5) is 0 Å². The topological polar surface area (TPSA) is 47.1 Å². The molecule has 0 aliphatic carbocycles. The second kappa shape index (κ2) is 5.65. The largest absolute Gasteiger partial charge is 0.329 e. The van der Waals surface area contributed by atoms with E-state index >= 15 is 0 Å². The summed E-state index contributed by atoms with van der Waals surface area (Å²) >= 11 is 0. The van der Waals surface area contributed by atoms with E-state index in [0.29, 0.717) is 6.04 Å². The highest BCUT2D eigenvalue weighted by molar-refractivity contribution is 5.04. The summed E-state index contributed by atoms with van der Waals surface area (Å²) in [5, 5.41) is 4.32. The summed E-state index contributed by atoms with van der Waals surface area (Å²) in [4.78, 5) is 2.51. The van der Waals surface area contributed by atoms with Crippen LogP contribution < -0.4 is 5.73 Å². The number of nitrogens with zero attached hydrogens (tertiary/aromatic N) is 3. The fourth-order valence-corrected chi connectivity index (χ4v) is 2.65. The van der Waals surface area contributed by atoms with Gasteiger partial charge in [0.1, 0.15) is 0 Å². The van der Waals surface area contributed by atoms with Crippen LogP contribution in [0.2, 0.25) is 0 Å². The molecule has 2 atom stereocenters. The third-order valence-electron chi connectivity index (χ3n) is 3.77. The molecule has 96 valence electrons. The first kappa shape index (κ1) is 12.6. The molecule has 1 fully saturated rings. The van der Waals surface area contributed by atoms with Crippen LogP contribution >= 0.6 is 0 Å². The maximum absolute atomic E-state index is 5.88. The van der Waals surface area contributed by atoms with Gasteiger partial charge in [0.15, 0.2) is 0 Å². The van der Waals surface area contributed by atoms with Gasteiger partial charge in [0.05, 0.1) is 6.20 Å². The van der Waals surface area contributed by atoms with Crippen LogP contribution in [0.5, 0.6) is 0 Å². The number of rotatable bonds is 4. The van der Waals surface area contributed by atoms with E-state index < -0.39 is 0 Å². The quantitative estimate of drug-likeness (QED) is 0.861. The van der Waals surface area contributed by atoms with Crippen molar-refractivity contribution in [3.63, 3.8) is 0 Å². The van der Waals surface area contributed by atoms with Crippen molar-refractivity contribution >= 4 is 0 Å². The summed E-state index contributed by atoms with van der Waals surface area (Å²) in [5.74, 6) is 0.818. The molecular weight excluding hydrogens is 212 g/mol. The predicted octanol–water partition coefficient (Wildman–Crippen LogP) is 1.46. The highest BCUT2D eigenvalue weighted by Crippen LogP contribution is 2.23. The molecule has 4 nitrogen and oxygen atoms in total. The van der Waals surface area contributed by atoms with Crippen molar-refractivity contribution in [1.29, 1.82) is 0 Å². The molecule has 1 aromatic rings. The van der Waals surface area contributed by atoms with E-state index in [-0.39, 0.29) is 0 Å². The van der Waals surface area contributed by atoms with Gasteiger partial charge >= 0.3 is 0 Å². The van der Waals surface area contributed by atoms with Crippen molar-refractivity contribution < 1.29 is 0 Å². The molecule has 1 aliphatic rings. The lowest BCUT2D eigenvalue weighted by Crippen LogP contribution is -2.45. The van der Waals surface area contributed by atoms with Crippen LogP contribution in [0.25, 0.3) is 0 Å². The highest BCUT2D eigenvalue weighted by atomic mass is 15.3. The third kappa shape index (κ3) is 3.07. The number of hydrogen-bond acceptors (Lipinski definition) is 3. The van der Waals surface area contributed by atoms with Gasteiger partial charge in [-0.1, -0.05) is 6.92 Å². The van der Waals surface area contributed by atoms with Crippen molar-refractivity contribution in [2.24, 2.45) is 11.7 Å². The molecule has 2 rings (SSSR count). The maximum atomic E-state index is 5.88. The summed E-state index contributed by atoms with van der Waals surface area (Å²) in [6, 6.07) is 0.545. The molecule has 17 heavy (non-hydrogen) atoms. The Morgan fingerprint density at radius 3 is 3.00 bits per heavy atom. The molecule has 2 heterocycles. The zero-order chi connectivity index (χ0) is 12.3. The van der Waals surface area contributed by atoms with E-state index in [2.05, 4.69) is 30.0 Å². The van der Waals surface area contributed by atoms with Crippen molar-refractivity contribution in [3.8, 4) is 0 Å². The minimum atomic E-state index is 0.545. The first-order chi connectivity index (χ1) is 8.22. The number of hydrogen-bond donors (Lipinski definition) is 1. The molecule has 4 heteroatoms. The van der Waals surface area contributed by atoms with Gasteiger partial charge in [-0.25, -0.2) is 0 Å². The van der Waals surface area contributed by atoms with E-state index in [1.807, 2.05) is 10.9 Å². The SMILES string of the molecule is CCn1cc(CN2CCC(C)CC2CN)cn1. The molecule has 0 saturated carbocycles. The second-order valence-electron chi connectivity index (χ2n) is 5.19. The minimum Gasteiger partial charge on any atom is -0.329 e. The van der Waals surface area contributed by atoms with Crippen molar-refractivity contribution in [2.75, 3.05) is 13.1 Å². The second-order valence-corrected chi connectivity index (χ2v) is 5.19. The Morgan fingerprint density at radius 1 is 1.53 bits per heavy atom. The van der Waals surface area contributed by atoms with Gasteiger partial charge in [0.2, 0.25) is 0 Å². The maximum Gasteiger partial charge on any atom is 0.0534 e. The Balaban J connectivity index is 1.97. The number of nitrogens with two attached hydrogens (primary N) is 1. The lowest BCUT2D eigenvalue weighted by molar-refractivity contribution is 0.115. The van der Waals surface area contributed by atoms with E-state index in [1.54, 1.807) is 0 Å². The number of aromatic nitrogens is 2. The fraction of sp³-hybridized carbons (Fsp3) is 0.769. The van der Waals surface area contributed by atoms with E-state index in [0.717, 1.165) is 25.6 Å². The van der Waals surface area contributed by atoms with Crippen LogP contribution in [0.3, 0.4) is 0 Å². The number of piperidine rings is 1. The number of likely N-dealkylation sites (tertiary alicyclic amines) is 1. The molecule has 2 unspecified atom stereocenters. The molecule has 1 saturated heterocycles. The molecule has 2 N–H and O–H groups in total. The molecular formula is C13H24N4. The summed E-state index contributed by atoms with van der Waals surface area (Å²) in [5.41, 5.74) is 7.18. The van der Waals surface area contributed by atoms with Crippen LogP contribution in [-0.2, 0) is 13.1 Å². The lowest BCUT2D eigenvalue weighted by atomic mass is 9.92. The molecule has 0 bridgehead atoms. The zero-order valence-electron chi connectivity index (χ0n) is 11.0. The first-order valence-corrected chi connectivity index (χ1v) is 6.68. The average Bonchev–Trinajstić information content (AvgIpc) is 2.79. The third-order valence-corrected chi connectivity index (χ3v) is 3.77. The molecule has 1 aromatic heterocycles. The molecule has 0 aromatic carbocycles. The summed E-state index contributed by atoms with van der Waals surface area (Å²) in [6.45, 7) is 8.32. The van der Waals surface area contributed by atoms with Crippen molar-refractivity contribution in [1.82, 2.24) is 14.7 Å². The molecule has 0 radical (unpaired) electrons. The summed E-state index contributed by atoms with van der Waals surface area (Å²) < 4.78 is 1.99. The zero-order valence-corrected chi connectivity index (χ0v) is 11.0. The monoisotopic (exact) mass is 236 g/mol. The highest BCUT2D eigenvalue weighted by Gasteiger charge is 2.25. The van der Waals surface area contributed by atoms with Crippen LogP contribution in [0.15, 0.2) is 12.4 Å². The Morgan fingerprint density at radius 2 is 2.35 bits per heavy atom. The Bertz CT molecular complexity index is 347. The minimum absolute atomic E-state index is 0.545. The smallest absolute Gasteiger partial charge is 0.0534 e. The molecule has 0 spiro atoms. The van der Waals surface area contributed by atoms with E-state index in [9.17, 15) is 0 Å². The fourth-order valence-electron chi connectivity index (χ4n) is 2.65. The van der Waals surface area contributed by atoms with Crippen LogP contribution in [0, 0.1) is 5.92 Å². The van der Waals surface area contributed by atoms with Crippen LogP contribution in [0.1, 0.15) is 32.3 Å². The average molecular weight is 236 g/mol.